The standard InChI is InChI=1S/C21H21F3N8O3S/c1-11-8-25-16(30-19(11)32(2)36(3,34)35)10-26-18-14(21(22,23)24)9-27-20(31-18)28-13-4-5-15-12(6-13)7-17(33)29-15/h4-6,8-9H,7,10H2,1-3H3,(H,29,33)(H2,26,27,28,31). The summed E-state index contributed by atoms with van der Waals surface area (Å²) in [5.41, 5.74) is 1.27. The minimum absolute atomic E-state index is 0.0585. The molecule has 190 valence electrons. The molecule has 15 heteroatoms. The van der Waals surface area contributed by atoms with E-state index < -0.39 is 27.6 Å². The van der Waals surface area contributed by atoms with Gasteiger partial charge in [-0.25, -0.2) is 23.4 Å². The molecule has 2 aromatic heterocycles. The predicted molar refractivity (Wildman–Crippen MR) is 126 cm³/mol. The van der Waals surface area contributed by atoms with E-state index in [1.807, 2.05) is 0 Å². The van der Waals surface area contributed by atoms with Gasteiger partial charge in [0.15, 0.2) is 0 Å². The summed E-state index contributed by atoms with van der Waals surface area (Å²) in [6.07, 6.45) is -1.51. The molecule has 1 aliphatic heterocycles. The second-order valence-corrected chi connectivity index (χ2v) is 10.1. The van der Waals surface area contributed by atoms with Gasteiger partial charge < -0.3 is 16.0 Å². The van der Waals surface area contributed by atoms with Gasteiger partial charge in [-0.1, -0.05) is 0 Å². The van der Waals surface area contributed by atoms with E-state index in [0.717, 1.165) is 16.1 Å². The maximum Gasteiger partial charge on any atom is 0.421 e. The quantitative estimate of drug-likeness (QED) is 0.427. The third-order valence-corrected chi connectivity index (χ3v) is 6.45. The Bertz CT molecular complexity index is 1450. The molecule has 0 atom stereocenters. The molecular weight excluding hydrogens is 501 g/mol. The Morgan fingerprint density at radius 1 is 1.17 bits per heavy atom. The smallest absolute Gasteiger partial charge is 0.362 e. The summed E-state index contributed by atoms with van der Waals surface area (Å²) in [6, 6.07) is 4.99. The van der Waals surface area contributed by atoms with Crippen molar-refractivity contribution < 1.29 is 26.4 Å². The molecule has 3 aromatic rings. The lowest BCUT2D eigenvalue weighted by Gasteiger charge is -2.18. The van der Waals surface area contributed by atoms with Crippen LogP contribution in [0.15, 0.2) is 30.6 Å². The summed E-state index contributed by atoms with van der Waals surface area (Å²) in [5, 5.41) is 8.11. The average molecular weight is 523 g/mol. The molecule has 0 fully saturated rings. The molecule has 1 aromatic carbocycles. The van der Waals surface area contributed by atoms with Gasteiger partial charge in [-0.15, -0.1) is 0 Å². The number of fused-ring (bicyclic) bond motifs is 1. The summed E-state index contributed by atoms with van der Waals surface area (Å²) in [4.78, 5) is 27.5. The van der Waals surface area contributed by atoms with E-state index in [9.17, 15) is 26.4 Å². The van der Waals surface area contributed by atoms with Crippen LogP contribution < -0.4 is 20.3 Å². The molecule has 36 heavy (non-hydrogen) atoms. The average Bonchev–Trinajstić information content (AvgIpc) is 3.16. The number of carbonyl (C=O) groups is 1. The monoisotopic (exact) mass is 522 g/mol. The van der Waals surface area contributed by atoms with Crippen molar-refractivity contribution in [1.82, 2.24) is 19.9 Å². The fourth-order valence-electron chi connectivity index (χ4n) is 3.41. The number of carbonyl (C=O) groups excluding carboxylic acids is 1. The molecule has 0 aliphatic carbocycles. The summed E-state index contributed by atoms with van der Waals surface area (Å²) >= 11 is 0. The first kappa shape index (κ1) is 25.1. The van der Waals surface area contributed by atoms with E-state index in [-0.39, 0.29) is 36.5 Å². The Morgan fingerprint density at radius 3 is 2.61 bits per heavy atom. The second kappa shape index (κ2) is 9.22. The number of hydrogen-bond donors (Lipinski definition) is 3. The Kier molecular flexibility index (Phi) is 6.43. The van der Waals surface area contributed by atoms with Gasteiger partial charge in [-0.05, 0) is 30.7 Å². The van der Waals surface area contributed by atoms with Crippen molar-refractivity contribution >= 4 is 44.9 Å². The SMILES string of the molecule is Cc1cnc(CNc2nc(Nc3ccc4c(c3)CC(=O)N4)ncc2C(F)(F)F)nc1N(C)S(C)(=O)=O. The van der Waals surface area contributed by atoms with Crippen molar-refractivity contribution in [2.45, 2.75) is 26.1 Å². The highest BCUT2D eigenvalue weighted by Gasteiger charge is 2.35. The van der Waals surface area contributed by atoms with Crippen LogP contribution in [0.25, 0.3) is 0 Å². The van der Waals surface area contributed by atoms with E-state index in [1.165, 1.54) is 13.2 Å². The molecular formula is C21H21F3N8O3S. The van der Waals surface area contributed by atoms with Gasteiger partial charge in [-0.2, -0.15) is 18.2 Å². The number of nitrogens with zero attached hydrogens (tertiary/aromatic N) is 5. The van der Waals surface area contributed by atoms with Crippen LogP contribution in [-0.4, -0.2) is 47.6 Å². The van der Waals surface area contributed by atoms with Gasteiger partial charge in [0.25, 0.3) is 0 Å². The first-order chi connectivity index (χ1) is 16.8. The predicted octanol–water partition coefficient (Wildman–Crippen LogP) is 2.84. The van der Waals surface area contributed by atoms with Crippen LogP contribution in [0, 0.1) is 6.92 Å². The molecule has 3 heterocycles. The highest BCUT2D eigenvalue weighted by Crippen LogP contribution is 2.34. The van der Waals surface area contributed by atoms with Crippen LogP contribution in [0.2, 0.25) is 0 Å². The number of nitrogens with one attached hydrogen (secondary N) is 3. The normalized spacial score (nSPS) is 13.2. The highest BCUT2D eigenvalue weighted by molar-refractivity contribution is 7.92. The lowest BCUT2D eigenvalue weighted by Crippen LogP contribution is -2.27. The maximum absolute atomic E-state index is 13.6. The Morgan fingerprint density at radius 2 is 1.92 bits per heavy atom. The van der Waals surface area contributed by atoms with Crippen molar-refractivity contribution in [2.24, 2.45) is 0 Å². The largest absolute Gasteiger partial charge is 0.421 e. The Hall–Kier alpha value is -4.01. The summed E-state index contributed by atoms with van der Waals surface area (Å²) in [7, 11) is -2.29. The summed E-state index contributed by atoms with van der Waals surface area (Å²) in [5.74, 6) is -0.605. The minimum Gasteiger partial charge on any atom is -0.362 e. The Labute approximate surface area is 204 Å². The number of amides is 1. The van der Waals surface area contributed by atoms with Crippen molar-refractivity contribution in [1.29, 1.82) is 0 Å². The molecule has 1 amide bonds. The van der Waals surface area contributed by atoms with Crippen LogP contribution >= 0.6 is 0 Å². The first-order valence-electron chi connectivity index (χ1n) is 10.5. The van der Waals surface area contributed by atoms with Crippen LogP contribution in [0.3, 0.4) is 0 Å². The number of benzene rings is 1. The van der Waals surface area contributed by atoms with E-state index in [4.69, 9.17) is 0 Å². The number of sulfonamides is 1. The van der Waals surface area contributed by atoms with Crippen LogP contribution in [0.4, 0.5) is 42.1 Å². The van der Waals surface area contributed by atoms with Crippen LogP contribution in [0.5, 0.6) is 0 Å². The Balaban J connectivity index is 1.59. The van der Waals surface area contributed by atoms with Gasteiger partial charge in [0.05, 0.1) is 19.2 Å². The lowest BCUT2D eigenvalue weighted by atomic mass is 10.1. The summed E-state index contributed by atoms with van der Waals surface area (Å²) in [6.45, 7) is 1.35. The van der Waals surface area contributed by atoms with Crippen LogP contribution in [-0.2, 0) is 34.0 Å². The molecule has 4 rings (SSSR count). The molecule has 0 saturated carbocycles. The molecule has 0 spiro atoms. The van der Waals surface area contributed by atoms with Crippen LogP contribution in [0.1, 0.15) is 22.5 Å². The van der Waals surface area contributed by atoms with Crippen molar-refractivity contribution in [2.75, 3.05) is 33.6 Å². The highest BCUT2D eigenvalue weighted by atomic mass is 32.2. The van der Waals surface area contributed by atoms with E-state index >= 15 is 0 Å². The topological polar surface area (TPSA) is 142 Å². The molecule has 3 N–H and O–H groups in total. The fourth-order valence-corrected chi connectivity index (χ4v) is 3.91. The van der Waals surface area contributed by atoms with Crippen molar-refractivity contribution in [3.63, 3.8) is 0 Å². The zero-order valence-corrected chi connectivity index (χ0v) is 20.1. The second-order valence-electron chi connectivity index (χ2n) is 8.05. The third-order valence-electron chi connectivity index (χ3n) is 5.29. The summed E-state index contributed by atoms with van der Waals surface area (Å²) < 4.78 is 65.5. The van der Waals surface area contributed by atoms with Crippen molar-refractivity contribution in [3.05, 3.63) is 53.1 Å². The number of aromatic nitrogens is 4. The fraction of sp³-hybridized carbons (Fsp3) is 0.286. The number of anilines is 5. The van der Waals surface area contributed by atoms with E-state index in [1.54, 1.807) is 25.1 Å². The molecule has 0 radical (unpaired) electrons. The van der Waals surface area contributed by atoms with E-state index in [0.29, 0.717) is 23.1 Å². The van der Waals surface area contributed by atoms with Gasteiger partial charge in [0.2, 0.25) is 21.9 Å². The number of aryl methyl sites for hydroxylation is 1. The van der Waals surface area contributed by atoms with Gasteiger partial charge in [0, 0.05) is 36.4 Å². The number of hydrogen-bond acceptors (Lipinski definition) is 9. The number of halogens is 3. The zero-order chi connectivity index (χ0) is 26.3. The number of alkyl halides is 3. The van der Waals surface area contributed by atoms with Gasteiger partial charge >= 0.3 is 6.18 Å². The first-order valence-corrected chi connectivity index (χ1v) is 12.3. The number of rotatable bonds is 7. The molecule has 0 bridgehead atoms. The van der Waals surface area contributed by atoms with Gasteiger partial charge in [0.1, 0.15) is 23.0 Å². The molecule has 0 saturated heterocycles. The molecule has 1 aliphatic rings. The van der Waals surface area contributed by atoms with E-state index in [2.05, 4.69) is 35.9 Å². The van der Waals surface area contributed by atoms with Crippen molar-refractivity contribution in [3.8, 4) is 0 Å². The van der Waals surface area contributed by atoms with Gasteiger partial charge in [-0.3, -0.25) is 9.10 Å². The maximum atomic E-state index is 13.6. The lowest BCUT2D eigenvalue weighted by molar-refractivity contribution is -0.137. The minimum atomic E-state index is -4.74. The third kappa shape index (κ3) is 5.45. The zero-order valence-electron chi connectivity index (χ0n) is 19.3. The molecule has 0 unspecified atom stereocenters. The molecule has 11 nitrogen and oxygen atoms in total.